The molecule has 0 bridgehead atoms. The summed E-state index contributed by atoms with van der Waals surface area (Å²) in [5.74, 6) is -6.28. The van der Waals surface area contributed by atoms with Gasteiger partial charge in [0.2, 0.25) is 0 Å². The molecule has 0 spiro atoms. The fourth-order valence-corrected chi connectivity index (χ4v) is 0.849. The molecule has 0 aliphatic carbocycles. The molecule has 0 aliphatic heterocycles. The van der Waals surface area contributed by atoms with Crippen LogP contribution < -0.4 is 0 Å². The van der Waals surface area contributed by atoms with Crippen molar-refractivity contribution in [2.75, 3.05) is 19.6 Å². The number of rotatable bonds is 6. The van der Waals surface area contributed by atoms with Gasteiger partial charge < -0.3 is 5.11 Å². The predicted molar refractivity (Wildman–Crippen MR) is 40.7 cm³/mol. The summed E-state index contributed by atoms with van der Waals surface area (Å²) in [4.78, 5) is 10.7. The smallest absolute Gasteiger partial charge is 0.375 e. The van der Waals surface area contributed by atoms with E-state index in [9.17, 15) is 22.4 Å². The Balaban J connectivity index is 4.23. The molecule has 0 aromatic carbocycles. The quantitative estimate of drug-likeness (QED) is 0.681. The first-order valence-electron chi connectivity index (χ1n) is 3.91. The van der Waals surface area contributed by atoms with E-state index in [1.54, 1.807) is 0 Å². The van der Waals surface area contributed by atoms with Crippen LogP contribution in [0.3, 0.4) is 0 Å². The average Bonchev–Trinajstić information content (AvgIpc) is 2.01. The van der Waals surface area contributed by atoms with Crippen LogP contribution in [0.15, 0.2) is 0 Å². The summed E-state index contributed by atoms with van der Waals surface area (Å²) in [6.45, 7) is -0.684. The van der Waals surface area contributed by atoms with Crippen LogP contribution in [0.4, 0.5) is 17.6 Å². The van der Waals surface area contributed by atoms with E-state index in [0.29, 0.717) is 4.90 Å². The molecule has 0 unspecified atom stereocenters. The molecule has 0 rings (SSSR count). The molecule has 14 heavy (non-hydrogen) atoms. The summed E-state index contributed by atoms with van der Waals surface area (Å²) in [5.41, 5.74) is 0. The molecule has 0 amide bonds. The molecule has 0 aromatic heterocycles. The van der Waals surface area contributed by atoms with Gasteiger partial charge in [-0.25, -0.2) is 13.6 Å². The standard InChI is InChI=1S/C7H11F4NO2/c1-2-12(3-5(8)9)4-7(10,11)6(13)14/h5H,2-4H2,1H3,(H,13,14). The topological polar surface area (TPSA) is 40.5 Å². The summed E-state index contributed by atoms with van der Waals surface area (Å²) in [6.07, 6.45) is -2.75. The number of nitrogens with zero attached hydrogens (tertiary/aromatic N) is 1. The van der Waals surface area contributed by atoms with Crippen molar-refractivity contribution in [2.45, 2.75) is 19.3 Å². The van der Waals surface area contributed by atoms with Crippen molar-refractivity contribution in [3.63, 3.8) is 0 Å². The average molecular weight is 217 g/mol. The van der Waals surface area contributed by atoms with Crippen molar-refractivity contribution in [1.29, 1.82) is 0 Å². The summed E-state index contributed by atoms with van der Waals surface area (Å²) < 4.78 is 48.7. The number of aliphatic carboxylic acids is 1. The van der Waals surface area contributed by atoms with Crippen molar-refractivity contribution >= 4 is 5.97 Å². The third-order valence-electron chi connectivity index (χ3n) is 1.58. The van der Waals surface area contributed by atoms with Gasteiger partial charge in [0.15, 0.2) is 0 Å². The van der Waals surface area contributed by atoms with Crippen molar-refractivity contribution in [2.24, 2.45) is 0 Å². The molecule has 0 atom stereocenters. The first kappa shape index (κ1) is 13.2. The Hall–Kier alpha value is -0.850. The van der Waals surface area contributed by atoms with Crippen molar-refractivity contribution < 1.29 is 27.5 Å². The highest BCUT2D eigenvalue weighted by Gasteiger charge is 2.40. The molecule has 0 aromatic rings. The van der Waals surface area contributed by atoms with Crippen molar-refractivity contribution in [1.82, 2.24) is 4.90 Å². The van der Waals surface area contributed by atoms with Gasteiger partial charge in [0.05, 0.1) is 13.1 Å². The molecule has 1 N–H and O–H groups in total. The molecule has 0 radical (unpaired) electrons. The fraction of sp³-hybridized carbons (Fsp3) is 0.857. The molecule has 0 saturated heterocycles. The normalized spacial score (nSPS) is 12.5. The molecule has 0 aliphatic rings. The van der Waals surface area contributed by atoms with Crippen LogP contribution >= 0.6 is 0 Å². The lowest BCUT2D eigenvalue weighted by Gasteiger charge is -2.23. The highest BCUT2D eigenvalue weighted by molar-refractivity contribution is 5.75. The SMILES string of the molecule is CCN(CC(F)F)CC(F)(F)C(=O)O. The second kappa shape index (κ2) is 5.14. The number of carbonyl (C=O) groups is 1. The molecule has 84 valence electrons. The van der Waals surface area contributed by atoms with Crippen LogP contribution in [0.2, 0.25) is 0 Å². The summed E-state index contributed by atoms with van der Waals surface area (Å²) in [6, 6.07) is 0. The molecule has 0 saturated carbocycles. The van der Waals surface area contributed by atoms with Crippen molar-refractivity contribution in [3.05, 3.63) is 0 Å². The maximum atomic E-state index is 12.5. The fourth-order valence-electron chi connectivity index (χ4n) is 0.849. The second-order valence-corrected chi connectivity index (χ2v) is 2.73. The van der Waals surface area contributed by atoms with Crippen LogP contribution in [0, 0.1) is 0 Å². The third-order valence-corrected chi connectivity index (χ3v) is 1.58. The van der Waals surface area contributed by atoms with Gasteiger partial charge in [-0.15, -0.1) is 0 Å². The number of halogens is 4. The van der Waals surface area contributed by atoms with Gasteiger partial charge >= 0.3 is 11.9 Å². The summed E-state index contributed by atoms with van der Waals surface area (Å²) in [5, 5.41) is 8.06. The molecule has 0 heterocycles. The zero-order valence-electron chi connectivity index (χ0n) is 7.51. The second-order valence-electron chi connectivity index (χ2n) is 2.73. The van der Waals surface area contributed by atoms with Gasteiger partial charge in [0, 0.05) is 0 Å². The maximum absolute atomic E-state index is 12.5. The molecular formula is C7H11F4NO2. The number of carboxylic acids is 1. The minimum absolute atomic E-state index is 0.0484. The minimum atomic E-state index is -3.98. The lowest BCUT2D eigenvalue weighted by Crippen LogP contribution is -2.44. The van der Waals surface area contributed by atoms with Crippen LogP contribution in [-0.2, 0) is 4.79 Å². The highest BCUT2D eigenvalue weighted by atomic mass is 19.3. The molecule has 3 nitrogen and oxygen atoms in total. The van der Waals surface area contributed by atoms with E-state index in [0.717, 1.165) is 0 Å². The van der Waals surface area contributed by atoms with E-state index in [-0.39, 0.29) is 6.54 Å². The number of carboxylic acid groups (broad SMARTS) is 1. The largest absolute Gasteiger partial charge is 0.477 e. The summed E-state index contributed by atoms with van der Waals surface area (Å²) in [7, 11) is 0. The predicted octanol–water partition coefficient (Wildman–Crippen LogP) is 1.29. The third kappa shape index (κ3) is 4.40. The maximum Gasteiger partial charge on any atom is 0.375 e. The van der Waals surface area contributed by atoms with Crippen LogP contribution in [-0.4, -0.2) is 48.0 Å². The minimum Gasteiger partial charge on any atom is -0.477 e. The zero-order chi connectivity index (χ0) is 11.4. The Bertz CT molecular complexity index is 198. The van der Waals surface area contributed by atoms with Gasteiger partial charge in [0.25, 0.3) is 6.43 Å². The van der Waals surface area contributed by atoms with Gasteiger partial charge in [-0.1, -0.05) is 6.92 Å². The Kier molecular flexibility index (Phi) is 4.82. The first-order chi connectivity index (χ1) is 6.29. The van der Waals surface area contributed by atoms with Gasteiger partial charge in [-0.05, 0) is 6.54 Å². The van der Waals surface area contributed by atoms with Gasteiger partial charge in [0.1, 0.15) is 0 Å². The van der Waals surface area contributed by atoms with E-state index in [4.69, 9.17) is 5.11 Å². The Labute approximate surface area is 78.3 Å². The Morgan fingerprint density at radius 1 is 1.50 bits per heavy atom. The first-order valence-corrected chi connectivity index (χ1v) is 3.91. The molecule has 7 heteroatoms. The number of hydrogen-bond acceptors (Lipinski definition) is 2. The van der Waals surface area contributed by atoms with Crippen LogP contribution in [0.25, 0.3) is 0 Å². The highest BCUT2D eigenvalue weighted by Crippen LogP contribution is 2.16. The van der Waals surface area contributed by atoms with E-state index in [2.05, 4.69) is 0 Å². The van der Waals surface area contributed by atoms with Crippen LogP contribution in [0.5, 0.6) is 0 Å². The lowest BCUT2D eigenvalue weighted by atomic mass is 10.3. The zero-order valence-corrected chi connectivity index (χ0v) is 7.51. The van der Waals surface area contributed by atoms with Gasteiger partial charge in [-0.3, -0.25) is 4.90 Å². The molecule has 0 fully saturated rings. The Morgan fingerprint density at radius 2 is 2.00 bits per heavy atom. The van der Waals surface area contributed by atoms with E-state index >= 15 is 0 Å². The Morgan fingerprint density at radius 3 is 2.29 bits per heavy atom. The van der Waals surface area contributed by atoms with E-state index in [1.165, 1.54) is 6.92 Å². The van der Waals surface area contributed by atoms with Gasteiger partial charge in [-0.2, -0.15) is 8.78 Å². The van der Waals surface area contributed by atoms with E-state index < -0.39 is 31.4 Å². The summed E-state index contributed by atoms with van der Waals surface area (Å²) >= 11 is 0. The number of alkyl halides is 4. The molecular weight excluding hydrogens is 206 g/mol. The van der Waals surface area contributed by atoms with Crippen molar-refractivity contribution in [3.8, 4) is 0 Å². The lowest BCUT2D eigenvalue weighted by molar-refractivity contribution is -0.167. The van der Waals surface area contributed by atoms with Crippen LogP contribution in [0.1, 0.15) is 6.92 Å². The number of hydrogen-bond donors (Lipinski definition) is 1. The monoisotopic (exact) mass is 217 g/mol. The van der Waals surface area contributed by atoms with E-state index in [1.807, 2.05) is 0 Å².